The number of rotatable bonds is 20. The van der Waals surface area contributed by atoms with Crippen molar-refractivity contribution in [2.24, 2.45) is 5.73 Å². The molecule has 0 aromatic heterocycles. The Morgan fingerprint density at radius 3 is 1.94 bits per heavy atom. The van der Waals surface area contributed by atoms with Crippen LogP contribution in [0, 0.1) is 22.7 Å². The van der Waals surface area contributed by atoms with Crippen molar-refractivity contribution in [1.29, 1.82) is 10.5 Å². The van der Waals surface area contributed by atoms with E-state index < -0.39 is 35.9 Å². The molecule has 0 aliphatic heterocycles. The molecule has 0 amide bonds. The molecule has 0 spiro atoms. The van der Waals surface area contributed by atoms with Crippen LogP contribution in [-0.4, -0.2) is 60.8 Å². The first-order valence-electron chi connectivity index (χ1n) is 20.6. The number of carbonyl (C=O) groups excluding carboxylic acids is 3. The summed E-state index contributed by atoms with van der Waals surface area (Å²) in [6.07, 6.45) is 9.76. The molecule has 0 fully saturated rings. The van der Waals surface area contributed by atoms with Crippen LogP contribution in [0.3, 0.4) is 0 Å². The zero-order chi connectivity index (χ0) is 46.9. The average Bonchev–Trinajstić information content (AvgIpc) is 3.32. The highest BCUT2D eigenvalue weighted by atomic mass is 16.6. The van der Waals surface area contributed by atoms with Gasteiger partial charge in [0.05, 0.1) is 36.1 Å². The lowest BCUT2D eigenvalue weighted by atomic mass is 9.81. The molecule has 14 nitrogen and oxygen atoms in total. The zero-order valence-electron chi connectivity index (χ0n) is 35.6. The second-order valence-electron chi connectivity index (χ2n) is 14.8. The number of hydrogen-bond acceptors (Lipinski definition) is 13. The second-order valence-corrected chi connectivity index (χ2v) is 14.8. The van der Waals surface area contributed by atoms with Crippen LogP contribution in [0.5, 0.6) is 17.2 Å². The molecule has 0 saturated carbocycles. The molecule has 332 valence electrons. The number of anilines is 1. The molecular formula is C52H44N4O10. The molecule has 5 N–H and O–H groups in total. The number of allylic oxidation sites excluding steroid dienone is 2. The summed E-state index contributed by atoms with van der Waals surface area (Å²) in [6.45, 7) is -0.291. The molecule has 5 aromatic rings. The summed E-state index contributed by atoms with van der Waals surface area (Å²) in [6, 6.07) is 35.4. The summed E-state index contributed by atoms with van der Waals surface area (Å²) in [5.74, 6) is -1.52. The minimum absolute atomic E-state index is 0.0713. The van der Waals surface area contributed by atoms with Crippen LogP contribution in [0.15, 0.2) is 145 Å². The van der Waals surface area contributed by atoms with E-state index in [0.717, 1.165) is 0 Å². The maximum absolute atomic E-state index is 13.3. The molecule has 0 saturated heterocycles. The third kappa shape index (κ3) is 12.9. The van der Waals surface area contributed by atoms with E-state index in [1.54, 1.807) is 127 Å². The van der Waals surface area contributed by atoms with Gasteiger partial charge < -0.3 is 40.3 Å². The minimum atomic E-state index is -1.37. The third-order valence-electron chi connectivity index (χ3n) is 10.1. The van der Waals surface area contributed by atoms with Gasteiger partial charge in [0.15, 0.2) is 5.78 Å². The van der Waals surface area contributed by atoms with Gasteiger partial charge in [0.1, 0.15) is 49.3 Å². The number of hydrogen-bond donors (Lipinski definition) is 3. The van der Waals surface area contributed by atoms with Gasteiger partial charge in [-0.05, 0) is 118 Å². The topological polar surface area (TPSA) is 234 Å². The van der Waals surface area contributed by atoms with Crippen molar-refractivity contribution in [1.82, 2.24) is 0 Å². The minimum Gasteiger partial charge on any atom is -0.493 e. The Kier molecular flexibility index (Phi) is 16.0. The van der Waals surface area contributed by atoms with Crippen molar-refractivity contribution in [2.45, 2.75) is 24.9 Å². The monoisotopic (exact) mass is 884 g/mol. The number of nitrogen functional groups attached to an aromatic ring is 1. The van der Waals surface area contributed by atoms with Crippen LogP contribution >= 0.6 is 0 Å². The van der Waals surface area contributed by atoms with Gasteiger partial charge in [0.2, 0.25) is 0 Å². The van der Waals surface area contributed by atoms with Gasteiger partial charge >= 0.3 is 17.9 Å². The highest BCUT2D eigenvalue weighted by Crippen LogP contribution is 2.39. The standard InChI is InChI=1S/C52H44N4O10/c53-27-1-29-62-43-21-13-39(14-22-43)51(61)66-44-19-6-36(7-20-44)5-18-42(57)33-65-52(32-41(56)17-25-48(52)38-11-15-40(55)16-12-38)34-64-49(58)26-8-35-3-9-37(10-4-35)47-31-45(63-30-2-28-54)23-24-46(47)50(59)60/h3-26,31H,1-2,29-30,32-34,55-56H2,(H,59,60)/b18-5+,26-8+. The van der Waals surface area contributed by atoms with Gasteiger partial charge in [-0.1, -0.05) is 60.7 Å². The maximum Gasteiger partial charge on any atom is 0.343 e. The summed E-state index contributed by atoms with van der Waals surface area (Å²) >= 11 is 0. The molecule has 66 heavy (non-hydrogen) atoms. The first-order valence-corrected chi connectivity index (χ1v) is 20.6. The van der Waals surface area contributed by atoms with Crippen molar-refractivity contribution in [3.05, 3.63) is 173 Å². The number of benzene rings is 5. The fourth-order valence-electron chi connectivity index (χ4n) is 6.74. The quantitative estimate of drug-likeness (QED) is 0.0219. The first-order chi connectivity index (χ1) is 31.9. The number of carbonyl (C=O) groups is 4. The van der Waals surface area contributed by atoms with Gasteiger partial charge in [0, 0.05) is 23.9 Å². The van der Waals surface area contributed by atoms with E-state index in [-0.39, 0.29) is 44.6 Å². The molecule has 0 radical (unpaired) electrons. The van der Waals surface area contributed by atoms with Crippen LogP contribution in [0.25, 0.3) is 28.9 Å². The molecule has 0 bridgehead atoms. The Labute approximate surface area is 380 Å². The van der Waals surface area contributed by atoms with E-state index in [1.165, 1.54) is 24.3 Å². The lowest BCUT2D eigenvalue weighted by molar-refractivity contribution is -0.146. The van der Waals surface area contributed by atoms with Crippen LogP contribution < -0.4 is 25.7 Å². The number of carboxylic acid groups (broad SMARTS) is 1. The summed E-state index contributed by atoms with van der Waals surface area (Å²) < 4.78 is 28.7. The summed E-state index contributed by atoms with van der Waals surface area (Å²) in [4.78, 5) is 51.3. The van der Waals surface area contributed by atoms with Gasteiger partial charge in [-0.15, -0.1) is 0 Å². The predicted molar refractivity (Wildman–Crippen MR) is 247 cm³/mol. The molecular weight excluding hydrogens is 841 g/mol. The highest BCUT2D eigenvalue weighted by molar-refractivity contribution is 5.97. The van der Waals surface area contributed by atoms with Crippen molar-refractivity contribution < 1.29 is 48.0 Å². The Morgan fingerprint density at radius 1 is 0.697 bits per heavy atom. The van der Waals surface area contributed by atoms with Crippen LogP contribution in [0.1, 0.15) is 56.7 Å². The smallest absolute Gasteiger partial charge is 0.343 e. The lowest BCUT2D eigenvalue weighted by Gasteiger charge is -2.37. The van der Waals surface area contributed by atoms with E-state index in [0.29, 0.717) is 67.6 Å². The largest absolute Gasteiger partial charge is 0.493 e. The van der Waals surface area contributed by atoms with Crippen molar-refractivity contribution in [2.75, 3.05) is 32.2 Å². The molecule has 1 aliphatic rings. The van der Waals surface area contributed by atoms with Gasteiger partial charge in [-0.3, -0.25) is 4.79 Å². The SMILES string of the molecule is N#CCCOc1ccc(C(=O)Oc2ccc(/C=C/C(=O)COC3(COC(=O)/C=C/c4ccc(-c5cc(OCCC#N)ccc5C(=O)O)cc4)CC(N)=CC=C3c3ccc(N)cc3)cc2)cc1. The summed E-state index contributed by atoms with van der Waals surface area (Å²) in [5, 5.41) is 27.3. The molecule has 1 unspecified atom stereocenters. The van der Waals surface area contributed by atoms with Crippen LogP contribution in [0.4, 0.5) is 5.69 Å². The summed E-state index contributed by atoms with van der Waals surface area (Å²) in [5.41, 5.74) is 15.9. The van der Waals surface area contributed by atoms with E-state index >= 15 is 0 Å². The van der Waals surface area contributed by atoms with E-state index in [2.05, 4.69) is 0 Å². The number of carboxylic acids is 1. The highest BCUT2D eigenvalue weighted by Gasteiger charge is 2.40. The first kappa shape index (κ1) is 46.8. The predicted octanol–water partition coefficient (Wildman–Crippen LogP) is 8.36. The van der Waals surface area contributed by atoms with Crippen molar-refractivity contribution in [3.63, 3.8) is 0 Å². The van der Waals surface area contributed by atoms with Crippen LogP contribution in [-0.2, 0) is 19.1 Å². The number of aromatic carboxylic acids is 1. The Balaban J connectivity index is 1.10. The number of nitrogens with zero attached hydrogens (tertiary/aromatic N) is 2. The molecule has 6 rings (SSSR count). The van der Waals surface area contributed by atoms with E-state index in [4.69, 9.17) is 45.7 Å². The second kappa shape index (κ2) is 22.6. The fraction of sp³-hybridized carbons (Fsp3) is 0.154. The molecule has 1 atom stereocenters. The third-order valence-corrected chi connectivity index (χ3v) is 10.1. The Bertz CT molecular complexity index is 2760. The zero-order valence-corrected chi connectivity index (χ0v) is 35.6. The van der Waals surface area contributed by atoms with Gasteiger partial charge in [-0.25, -0.2) is 14.4 Å². The Morgan fingerprint density at radius 2 is 1.29 bits per heavy atom. The molecule has 0 heterocycles. The van der Waals surface area contributed by atoms with E-state index in [9.17, 15) is 24.3 Å². The number of esters is 2. The fourth-order valence-corrected chi connectivity index (χ4v) is 6.74. The summed E-state index contributed by atoms with van der Waals surface area (Å²) in [7, 11) is 0. The number of nitrogens with two attached hydrogens (primary N) is 2. The maximum atomic E-state index is 13.3. The molecule has 5 aromatic carbocycles. The number of ether oxygens (including phenoxy) is 5. The molecule has 1 aliphatic carbocycles. The van der Waals surface area contributed by atoms with Crippen LogP contribution in [0.2, 0.25) is 0 Å². The Hall–Kier alpha value is -8.72. The lowest BCUT2D eigenvalue weighted by Crippen LogP contribution is -2.43. The number of nitriles is 2. The van der Waals surface area contributed by atoms with E-state index in [1.807, 2.05) is 12.1 Å². The van der Waals surface area contributed by atoms with Gasteiger partial charge in [0.25, 0.3) is 0 Å². The van der Waals surface area contributed by atoms with Crippen molar-refractivity contribution in [3.8, 4) is 40.5 Å². The molecule has 14 heteroatoms. The normalized spacial score (nSPS) is 14.3. The van der Waals surface area contributed by atoms with Crippen molar-refractivity contribution >= 4 is 47.1 Å². The average molecular weight is 885 g/mol. The van der Waals surface area contributed by atoms with Gasteiger partial charge in [-0.2, -0.15) is 10.5 Å². The number of ketones is 1.